The van der Waals surface area contributed by atoms with Crippen LogP contribution in [0.1, 0.15) is 60.3 Å². The monoisotopic (exact) mass is 432 g/mol. The average Bonchev–Trinajstić information content (AvgIpc) is 3.00. The summed E-state index contributed by atoms with van der Waals surface area (Å²) in [5.41, 5.74) is 8.06. The summed E-state index contributed by atoms with van der Waals surface area (Å²) in [5.74, 6) is -0.452. The predicted octanol–water partition coefficient (Wildman–Crippen LogP) is 5.29. The molecule has 2 aromatic rings. The zero-order chi connectivity index (χ0) is 20.8. The Labute approximate surface area is 180 Å². The molecule has 0 saturated carbocycles. The number of hydrogen-bond acceptors (Lipinski definition) is 6. The maximum atomic E-state index is 12.9. The van der Waals surface area contributed by atoms with Crippen LogP contribution < -0.4 is 11.1 Å². The summed E-state index contributed by atoms with van der Waals surface area (Å²) in [5, 5.41) is 3.34. The minimum Gasteiger partial charge on any atom is -0.462 e. The SMILES string of the molecule is CCOC(=O)c1c(NC(=O)C(C)Sc2ccc(N)cc2)sc2c1CCCCCC2. The van der Waals surface area contributed by atoms with E-state index in [9.17, 15) is 9.59 Å². The molecule has 0 radical (unpaired) electrons. The van der Waals surface area contributed by atoms with Gasteiger partial charge in [0.25, 0.3) is 0 Å². The molecule has 0 saturated heterocycles. The lowest BCUT2D eigenvalue weighted by atomic mass is 9.96. The van der Waals surface area contributed by atoms with Crippen LogP contribution in [-0.4, -0.2) is 23.7 Å². The van der Waals surface area contributed by atoms with E-state index in [1.807, 2.05) is 31.2 Å². The summed E-state index contributed by atoms with van der Waals surface area (Å²) >= 11 is 3.00. The highest BCUT2D eigenvalue weighted by Crippen LogP contribution is 2.38. The van der Waals surface area contributed by atoms with Crippen LogP contribution in [0.2, 0.25) is 0 Å². The van der Waals surface area contributed by atoms with Gasteiger partial charge in [0, 0.05) is 15.5 Å². The van der Waals surface area contributed by atoms with Gasteiger partial charge in [-0.1, -0.05) is 12.8 Å². The van der Waals surface area contributed by atoms with Crippen LogP contribution >= 0.6 is 23.1 Å². The third-order valence-corrected chi connectivity index (χ3v) is 7.27. The molecule has 1 heterocycles. The average molecular weight is 433 g/mol. The van der Waals surface area contributed by atoms with Gasteiger partial charge in [0.2, 0.25) is 5.91 Å². The lowest BCUT2D eigenvalue weighted by molar-refractivity contribution is -0.115. The van der Waals surface area contributed by atoms with Crippen molar-refractivity contribution in [2.24, 2.45) is 0 Å². The van der Waals surface area contributed by atoms with Crippen molar-refractivity contribution in [3.05, 3.63) is 40.3 Å². The second kappa shape index (κ2) is 10.2. The maximum Gasteiger partial charge on any atom is 0.341 e. The number of ether oxygens (including phenoxy) is 1. The van der Waals surface area contributed by atoms with Gasteiger partial charge in [0.1, 0.15) is 5.00 Å². The zero-order valence-corrected chi connectivity index (χ0v) is 18.6. The Morgan fingerprint density at radius 1 is 1.17 bits per heavy atom. The Balaban J connectivity index is 1.80. The van der Waals surface area contributed by atoms with E-state index in [2.05, 4.69) is 5.32 Å². The van der Waals surface area contributed by atoms with Crippen molar-refractivity contribution in [1.29, 1.82) is 0 Å². The molecule has 1 unspecified atom stereocenters. The fourth-order valence-electron chi connectivity index (χ4n) is 3.44. The number of nitrogens with two attached hydrogens (primary N) is 1. The molecule has 0 fully saturated rings. The standard InChI is InChI=1S/C22H28N2O3S2/c1-3-27-22(26)19-17-8-6-4-5-7-9-18(17)29-21(19)24-20(25)14(2)28-16-12-10-15(23)11-13-16/h10-14H,3-9,23H2,1-2H3,(H,24,25). The van der Waals surface area contributed by atoms with Crippen molar-refractivity contribution in [2.75, 3.05) is 17.7 Å². The molecule has 0 aliphatic heterocycles. The highest BCUT2D eigenvalue weighted by molar-refractivity contribution is 8.00. The number of carbonyl (C=O) groups excluding carboxylic acids is 2. The van der Waals surface area contributed by atoms with E-state index >= 15 is 0 Å². The van der Waals surface area contributed by atoms with Gasteiger partial charge in [0.15, 0.2) is 0 Å². The molecule has 7 heteroatoms. The molecule has 156 valence electrons. The molecular weight excluding hydrogens is 404 g/mol. The first-order chi connectivity index (χ1) is 14.0. The van der Waals surface area contributed by atoms with E-state index in [1.54, 1.807) is 6.92 Å². The number of carbonyl (C=O) groups is 2. The minimum atomic E-state index is -0.334. The van der Waals surface area contributed by atoms with Crippen LogP contribution in [-0.2, 0) is 22.4 Å². The largest absolute Gasteiger partial charge is 0.462 e. The van der Waals surface area contributed by atoms with Crippen molar-refractivity contribution >= 4 is 45.7 Å². The molecule has 1 aliphatic carbocycles. The number of esters is 1. The molecule has 1 aromatic heterocycles. The number of benzene rings is 1. The summed E-state index contributed by atoms with van der Waals surface area (Å²) in [4.78, 5) is 27.7. The van der Waals surface area contributed by atoms with Crippen molar-refractivity contribution in [3.63, 3.8) is 0 Å². The van der Waals surface area contributed by atoms with Gasteiger partial charge in [-0.15, -0.1) is 23.1 Å². The number of anilines is 2. The van der Waals surface area contributed by atoms with Crippen LogP contribution in [0.5, 0.6) is 0 Å². The van der Waals surface area contributed by atoms with Crippen LogP contribution in [0, 0.1) is 0 Å². The van der Waals surface area contributed by atoms with Crippen molar-refractivity contribution in [2.45, 2.75) is 62.5 Å². The van der Waals surface area contributed by atoms with Gasteiger partial charge in [-0.25, -0.2) is 4.79 Å². The number of thiophene rings is 1. The van der Waals surface area contributed by atoms with Crippen LogP contribution in [0.25, 0.3) is 0 Å². The quantitative estimate of drug-likeness (QED) is 0.368. The number of hydrogen-bond donors (Lipinski definition) is 2. The molecule has 0 spiro atoms. The summed E-state index contributed by atoms with van der Waals surface area (Å²) in [7, 11) is 0. The number of aryl methyl sites for hydroxylation is 1. The first kappa shape index (κ1) is 21.7. The zero-order valence-electron chi connectivity index (χ0n) is 17.0. The number of rotatable bonds is 6. The molecule has 3 N–H and O–H groups in total. The maximum absolute atomic E-state index is 12.9. The number of nitrogens with one attached hydrogen (secondary N) is 1. The molecule has 1 aliphatic rings. The highest BCUT2D eigenvalue weighted by atomic mass is 32.2. The smallest absolute Gasteiger partial charge is 0.341 e. The van der Waals surface area contributed by atoms with E-state index < -0.39 is 0 Å². The van der Waals surface area contributed by atoms with E-state index in [0.717, 1.165) is 36.1 Å². The van der Waals surface area contributed by atoms with E-state index in [-0.39, 0.29) is 17.1 Å². The van der Waals surface area contributed by atoms with Gasteiger partial charge in [-0.3, -0.25) is 4.79 Å². The van der Waals surface area contributed by atoms with Crippen LogP contribution in [0.3, 0.4) is 0 Å². The van der Waals surface area contributed by atoms with E-state index in [0.29, 0.717) is 22.9 Å². The van der Waals surface area contributed by atoms with E-state index in [1.165, 1.54) is 40.8 Å². The molecule has 3 rings (SSSR count). The fourth-order valence-corrected chi connectivity index (χ4v) is 5.59. The van der Waals surface area contributed by atoms with Gasteiger partial charge in [-0.2, -0.15) is 0 Å². The molecule has 1 amide bonds. The Kier molecular flexibility index (Phi) is 7.61. The number of fused-ring (bicyclic) bond motifs is 1. The molecule has 0 bridgehead atoms. The first-order valence-electron chi connectivity index (χ1n) is 10.1. The highest BCUT2D eigenvalue weighted by Gasteiger charge is 2.27. The number of nitrogen functional groups attached to an aromatic ring is 1. The van der Waals surface area contributed by atoms with Crippen LogP contribution in [0.4, 0.5) is 10.7 Å². The third kappa shape index (κ3) is 5.54. The van der Waals surface area contributed by atoms with Crippen LogP contribution in [0.15, 0.2) is 29.2 Å². The predicted molar refractivity (Wildman–Crippen MR) is 121 cm³/mol. The summed E-state index contributed by atoms with van der Waals surface area (Å²) in [6.07, 6.45) is 6.39. The Morgan fingerprint density at radius 3 is 2.55 bits per heavy atom. The first-order valence-corrected chi connectivity index (χ1v) is 11.8. The van der Waals surface area contributed by atoms with Crippen molar-refractivity contribution in [1.82, 2.24) is 0 Å². The van der Waals surface area contributed by atoms with Gasteiger partial charge in [-0.05, 0) is 69.4 Å². The van der Waals surface area contributed by atoms with Gasteiger partial charge >= 0.3 is 5.97 Å². The van der Waals surface area contributed by atoms with E-state index in [4.69, 9.17) is 10.5 Å². The summed E-state index contributed by atoms with van der Waals surface area (Å²) in [6.45, 7) is 3.99. The van der Waals surface area contributed by atoms with Gasteiger partial charge < -0.3 is 15.8 Å². The lowest BCUT2D eigenvalue weighted by Gasteiger charge is -2.13. The third-order valence-electron chi connectivity index (χ3n) is 4.95. The molecule has 1 aromatic carbocycles. The molecular formula is C22H28N2O3S2. The number of amides is 1. The van der Waals surface area contributed by atoms with Crippen molar-refractivity contribution < 1.29 is 14.3 Å². The topological polar surface area (TPSA) is 81.4 Å². The Bertz CT molecular complexity index is 862. The molecule has 5 nitrogen and oxygen atoms in total. The van der Waals surface area contributed by atoms with Gasteiger partial charge in [0.05, 0.1) is 17.4 Å². The molecule has 1 atom stereocenters. The fraction of sp³-hybridized carbons (Fsp3) is 0.455. The molecule has 29 heavy (non-hydrogen) atoms. The lowest BCUT2D eigenvalue weighted by Crippen LogP contribution is -2.23. The second-order valence-electron chi connectivity index (χ2n) is 7.16. The Hall–Kier alpha value is -1.99. The summed E-state index contributed by atoms with van der Waals surface area (Å²) in [6, 6.07) is 7.46. The second-order valence-corrected chi connectivity index (χ2v) is 9.68. The minimum absolute atomic E-state index is 0.119. The number of thioether (sulfide) groups is 1. The summed E-state index contributed by atoms with van der Waals surface area (Å²) < 4.78 is 5.31. The normalized spacial score (nSPS) is 15.0. The Morgan fingerprint density at radius 2 is 1.86 bits per heavy atom. The van der Waals surface area contributed by atoms with Crippen molar-refractivity contribution in [3.8, 4) is 0 Å².